The molecule has 16 aromatic rings. The number of hydrogen-bond donors (Lipinski definition) is 0. The van der Waals surface area contributed by atoms with Crippen LogP contribution in [0.15, 0.2) is 309 Å². The average molecular weight is 1210 g/mol. The van der Waals surface area contributed by atoms with E-state index in [1.54, 1.807) is 24.3 Å². The van der Waals surface area contributed by atoms with Gasteiger partial charge in [0.05, 0.1) is 44.8 Å². The Morgan fingerprint density at radius 1 is 0.245 bits per heavy atom. The molecule has 4 aliphatic heterocycles. The highest BCUT2D eigenvalue weighted by Crippen LogP contribution is 2.50. The number of rotatable bonds is 7. The van der Waals surface area contributed by atoms with Crippen LogP contribution in [0.1, 0.15) is 0 Å². The van der Waals surface area contributed by atoms with Gasteiger partial charge in [0.25, 0.3) is 13.4 Å². The minimum atomic E-state index is -0.353. The zero-order valence-electron chi connectivity index (χ0n) is 50.5. The summed E-state index contributed by atoms with van der Waals surface area (Å²) in [6.45, 7) is -0.692. The van der Waals surface area contributed by atoms with Crippen molar-refractivity contribution in [3.63, 3.8) is 0 Å². The molecule has 438 valence electrons. The molecule has 0 bridgehead atoms. The number of hydrogen-bond acceptors (Lipinski definition) is 4. The van der Waals surface area contributed by atoms with Crippen molar-refractivity contribution in [1.29, 1.82) is 0 Å². The molecule has 94 heavy (non-hydrogen) atoms. The van der Waals surface area contributed by atoms with Crippen LogP contribution in [0.5, 0.6) is 11.5 Å². The molecule has 20 rings (SSSR count). The molecule has 4 aliphatic rings. The van der Waals surface area contributed by atoms with E-state index in [0.29, 0.717) is 17.1 Å². The molecular formula is C84H51B2F2N5O. The molecule has 14 aromatic carbocycles. The van der Waals surface area contributed by atoms with Gasteiger partial charge in [-0.1, -0.05) is 206 Å². The standard InChI is InChI=1S/C84H51B2F2N5O/c87-67-32-14-20-38-73(67)92-71-36-18-12-30-63(71)85-65-50-66-81(51-77(65)89(56-26-8-3-9-27-56)78-46-57(47-79(92)83(78)85)90-69-34-16-10-28-59(69)61-42-40-54(44-75(61)90)52-22-4-1-5-23-52)94-82-49-58(48-80-84(82)86(66)64-31-13-19-37-72(64)93(80)74-39-21-15-33-68(74)88)91-70-35-17-11-29-60(70)62-43-41-55(45-76(62)91)53-24-6-2-7-25-53/h1-51H. The molecule has 2 aromatic heterocycles. The van der Waals surface area contributed by atoms with E-state index in [2.05, 4.69) is 285 Å². The van der Waals surface area contributed by atoms with E-state index in [4.69, 9.17) is 4.74 Å². The van der Waals surface area contributed by atoms with Crippen LogP contribution in [-0.2, 0) is 0 Å². The highest BCUT2D eigenvalue weighted by Gasteiger charge is 2.48. The Morgan fingerprint density at radius 2 is 0.670 bits per heavy atom. The smallest absolute Gasteiger partial charge is 0.256 e. The second-order valence-corrected chi connectivity index (χ2v) is 25.0. The summed E-state index contributed by atoms with van der Waals surface area (Å²) in [5.41, 5.74) is 23.8. The van der Waals surface area contributed by atoms with Crippen molar-refractivity contribution in [2.75, 3.05) is 14.7 Å². The third kappa shape index (κ3) is 7.59. The predicted molar refractivity (Wildman–Crippen MR) is 386 cm³/mol. The number of benzene rings is 14. The van der Waals surface area contributed by atoms with Crippen LogP contribution in [0.3, 0.4) is 0 Å². The van der Waals surface area contributed by atoms with Gasteiger partial charge in [-0.15, -0.1) is 0 Å². The first kappa shape index (κ1) is 52.6. The summed E-state index contributed by atoms with van der Waals surface area (Å²) < 4.78 is 46.6. The van der Waals surface area contributed by atoms with Gasteiger partial charge in [0.1, 0.15) is 23.1 Å². The van der Waals surface area contributed by atoms with Crippen LogP contribution in [0, 0.1) is 11.6 Å². The van der Waals surface area contributed by atoms with E-state index >= 15 is 8.78 Å². The largest absolute Gasteiger partial charge is 0.458 e. The summed E-state index contributed by atoms with van der Waals surface area (Å²) >= 11 is 0. The molecule has 10 heteroatoms. The Kier molecular flexibility index (Phi) is 11.3. The number of fused-ring (bicyclic) bond motifs is 14. The van der Waals surface area contributed by atoms with Gasteiger partial charge in [-0.2, -0.15) is 0 Å². The summed E-state index contributed by atoms with van der Waals surface area (Å²) in [4.78, 5) is 6.66. The lowest BCUT2D eigenvalue weighted by molar-refractivity contribution is 0.487. The maximum atomic E-state index is 17.2. The topological polar surface area (TPSA) is 28.8 Å². The fraction of sp³-hybridized carbons (Fsp3) is 0. The van der Waals surface area contributed by atoms with Gasteiger partial charge in [-0.3, -0.25) is 0 Å². The second kappa shape index (κ2) is 20.2. The molecule has 0 atom stereocenters. The van der Waals surface area contributed by atoms with Crippen molar-refractivity contribution in [2.45, 2.75) is 0 Å². The molecule has 0 N–H and O–H groups in total. The van der Waals surface area contributed by atoms with Crippen molar-refractivity contribution in [3.8, 4) is 45.1 Å². The van der Waals surface area contributed by atoms with Gasteiger partial charge < -0.3 is 28.6 Å². The summed E-state index contributed by atoms with van der Waals surface area (Å²) in [7, 11) is 0. The Bertz CT molecular complexity index is 5870. The third-order valence-electron chi connectivity index (χ3n) is 20.0. The fourth-order valence-electron chi connectivity index (χ4n) is 16.1. The summed E-state index contributed by atoms with van der Waals surface area (Å²) in [6.07, 6.45) is 0. The van der Waals surface area contributed by atoms with E-state index in [1.807, 2.05) is 24.3 Å². The highest BCUT2D eigenvalue weighted by molar-refractivity contribution is 7.02. The van der Waals surface area contributed by atoms with E-state index in [0.717, 1.165) is 156 Å². The second-order valence-electron chi connectivity index (χ2n) is 25.0. The Balaban J connectivity index is 0.870. The minimum Gasteiger partial charge on any atom is -0.458 e. The molecule has 6 heterocycles. The van der Waals surface area contributed by atoms with Gasteiger partial charge in [-0.05, 0) is 146 Å². The third-order valence-corrected chi connectivity index (χ3v) is 20.0. The lowest BCUT2D eigenvalue weighted by atomic mass is 9.30. The first-order valence-electron chi connectivity index (χ1n) is 32.0. The summed E-state index contributed by atoms with van der Waals surface area (Å²) in [5.74, 6) is 0.743. The molecule has 0 amide bonds. The maximum absolute atomic E-state index is 17.2. The summed E-state index contributed by atoms with van der Waals surface area (Å²) in [6, 6.07) is 107. The maximum Gasteiger partial charge on any atom is 0.256 e. The molecule has 0 radical (unpaired) electrons. The number of nitrogens with zero attached hydrogens (tertiary/aromatic N) is 5. The molecule has 0 aliphatic carbocycles. The van der Waals surface area contributed by atoms with E-state index in [1.165, 1.54) is 0 Å². The van der Waals surface area contributed by atoms with Crippen LogP contribution in [0.25, 0.3) is 77.2 Å². The SMILES string of the molecule is Fc1ccccc1N1c2ccccc2B2c3cc4c(cc3Oc3cc(-n5c6ccccc6c6ccc(-c7ccccc7)cc65)cc1c32)N(c1ccccc1)c1cc(-n2c3ccccc3c3ccc(-c5ccccc5)cc32)cc2c1B4c1ccccc1N2c1ccccc1F. The zero-order chi connectivity index (χ0) is 61.9. The minimum absolute atomic E-state index is 0.324. The van der Waals surface area contributed by atoms with Crippen LogP contribution in [-0.4, -0.2) is 22.6 Å². The number of aromatic nitrogens is 2. The molecule has 0 fully saturated rings. The lowest BCUT2D eigenvalue weighted by Gasteiger charge is -2.45. The molecule has 0 spiro atoms. The fourth-order valence-corrected chi connectivity index (χ4v) is 16.1. The molecule has 0 unspecified atom stereocenters. The average Bonchev–Trinajstić information content (AvgIpc) is 0.753. The Labute approximate surface area is 541 Å². The Hall–Kier alpha value is -12.1. The van der Waals surface area contributed by atoms with Gasteiger partial charge in [0.2, 0.25) is 0 Å². The first-order valence-corrected chi connectivity index (χ1v) is 32.0. The van der Waals surface area contributed by atoms with Gasteiger partial charge >= 0.3 is 0 Å². The van der Waals surface area contributed by atoms with Crippen molar-refractivity contribution in [2.24, 2.45) is 0 Å². The first-order chi connectivity index (χ1) is 46.5. The van der Waals surface area contributed by atoms with E-state index in [9.17, 15) is 0 Å². The van der Waals surface area contributed by atoms with Crippen LogP contribution < -0.4 is 52.2 Å². The van der Waals surface area contributed by atoms with Crippen molar-refractivity contribution >= 4 is 141 Å². The number of halogens is 2. The normalized spacial score (nSPS) is 13.2. The Morgan fingerprint density at radius 3 is 1.21 bits per heavy atom. The highest BCUT2D eigenvalue weighted by atomic mass is 19.1. The van der Waals surface area contributed by atoms with Crippen LogP contribution in [0.2, 0.25) is 0 Å². The number of para-hydroxylation sites is 7. The number of anilines is 9. The lowest BCUT2D eigenvalue weighted by Crippen LogP contribution is -2.64. The van der Waals surface area contributed by atoms with Crippen molar-refractivity contribution in [1.82, 2.24) is 9.13 Å². The van der Waals surface area contributed by atoms with Gasteiger partial charge in [-0.25, -0.2) is 8.78 Å². The summed E-state index contributed by atoms with van der Waals surface area (Å²) in [5, 5.41) is 4.51. The van der Waals surface area contributed by atoms with Crippen LogP contribution in [0.4, 0.5) is 60.0 Å². The number of ether oxygens (including phenoxy) is 1. The molecule has 0 saturated heterocycles. The monoisotopic (exact) mass is 1210 g/mol. The molecular weight excluding hydrogens is 1150 g/mol. The van der Waals surface area contributed by atoms with E-state index in [-0.39, 0.29) is 25.1 Å². The van der Waals surface area contributed by atoms with E-state index < -0.39 is 0 Å². The van der Waals surface area contributed by atoms with Gasteiger partial charge in [0, 0.05) is 73.5 Å². The quantitative estimate of drug-likeness (QED) is 0.149. The van der Waals surface area contributed by atoms with Crippen molar-refractivity contribution in [3.05, 3.63) is 321 Å². The van der Waals surface area contributed by atoms with Gasteiger partial charge in [0.15, 0.2) is 0 Å². The predicted octanol–water partition coefficient (Wildman–Crippen LogP) is 18.0. The molecule has 0 saturated carbocycles. The molecule has 6 nitrogen and oxygen atoms in total. The zero-order valence-corrected chi connectivity index (χ0v) is 50.5. The van der Waals surface area contributed by atoms with Crippen molar-refractivity contribution < 1.29 is 13.5 Å². The van der Waals surface area contributed by atoms with Crippen LogP contribution >= 0.6 is 0 Å².